The topological polar surface area (TPSA) is 84.7 Å². The summed E-state index contributed by atoms with van der Waals surface area (Å²) in [5.41, 5.74) is 1.22. The number of fused-ring (bicyclic) bond motifs is 1. The molecule has 0 unspecified atom stereocenters. The fraction of sp³-hybridized carbons (Fsp3) is 0.143. The fourth-order valence-electron chi connectivity index (χ4n) is 2.11. The molecule has 6 heteroatoms. The summed E-state index contributed by atoms with van der Waals surface area (Å²) in [5.74, 6) is 0.535. The largest absolute Gasteiger partial charge is 0.360 e. The molecule has 3 aromatic rings. The van der Waals surface area contributed by atoms with Crippen molar-refractivity contribution in [1.82, 2.24) is 14.9 Å². The van der Waals surface area contributed by atoms with Gasteiger partial charge in [0.15, 0.2) is 5.52 Å². The van der Waals surface area contributed by atoms with Gasteiger partial charge in [0.1, 0.15) is 18.0 Å². The molecule has 0 N–H and O–H groups in total. The van der Waals surface area contributed by atoms with E-state index in [1.165, 1.54) is 0 Å². The number of aromatic nitrogens is 3. The molecule has 0 aliphatic carbocycles. The standard InChI is InChI=1S/C14H10N4O2/c1-9-11-12(10-5-3-2-4-6-10)16-18(8-7-15)14(19)13(11)17-20-9/h2-6H,8H2,1H3. The van der Waals surface area contributed by atoms with Gasteiger partial charge in [-0.1, -0.05) is 35.5 Å². The van der Waals surface area contributed by atoms with E-state index in [4.69, 9.17) is 9.78 Å². The SMILES string of the molecule is Cc1onc2c(=O)n(CC#N)nc(-c3ccccc3)c12. The number of rotatable bonds is 2. The Morgan fingerprint density at radius 3 is 2.80 bits per heavy atom. The molecule has 0 bridgehead atoms. The Kier molecular flexibility index (Phi) is 2.80. The van der Waals surface area contributed by atoms with Crippen LogP contribution in [-0.4, -0.2) is 14.9 Å². The van der Waals surface area contributed by atoms with Gasteiger partial charge in [0, 0.05) is 5.56 Å². The number of hydrogen-bond acceptors (Lipinski definition) is 5. The van der Waals surface area contributed by atoms with E-state index in [-0.39, 0.29) is 12.1 Å². The number of nitrogens with zero attached hydrogens (tertiary/aromatic N) is 4. The van der Waals surface area contributed by atoms with Crippen LogP contribution in [-0.2, 0) is 6.54 Å². The van der Waals surface area contributed by atoms with E-state index in [2.05, 4.69) is 10.3 Å². The molecular weight excluding hydrogens is 256 g/mol. The molecule has 0 fully saturated rings. The molecule has 2 aromatic heterocycles. The van der Waals surface area contributed by atoms with Crippen molar-refractivity contribution in [3.05, 3.63) is 46.4 Å². The lowest BCUT2D eigenvalue weighted by molar-refractivity contribution is 0.405. The smallest absolute Gasteiger partial charge is 0.297 e. The second-order valence-corrected chi connectivity index (χ2v) is 4.30. The van der Waals surface area contributed by atoms with Gasteiger partial charge in [0.25, 0.3) is 5.56 Å². The second-order valence-electron chi connectivity index (χ2n) is 4.30. The van der Waals surface area contributed by atoms with Gasteiger partial charge >= 0.3 is 0 Å². The summed E-state index contributed by atoms with van der Waals surface area (Å²) in [7, 11) is 0. The molecule has 0 radical (unpaired) electrons. The molecule has 3 rings (SSSR count). The molecule has 20 heavy (non-hydrogen) atoms. The Hall–Kier alpha value is -2.94. The first-order valence-electron chi connectivity index (χ1n) is 6.02. The molecule has 0 saturated carbocycles. The van der Waals surface area contributed by atoms with Gasteiger partial charge in [-0.3, -0.25) is 4.79 Å². The van der Waals surface area contributed by atoms with Crippen LogP contribution in [0.2, 0.25) is 0 Å². The Balaban J connectivity index is 2.41. The van der Waals surface area contributed by atoms with Crippen LogP contribution in [0.5, 0.6) is 0 Å². The van der Waals surface area contributed by atoms with E-state index in [0.717, 1.165) is 10.2 Å². The summed E-state index contributed by atoms with van der Waals surface area (Å²) >= 11 is 0. The zero-order valence-corrected chi connectivity index (χ0v) is 10.7. The molecular formula is C14H10N4O2. The summed E-state index contributed by atoms with van der Waals surface area (Å²) in [6.07, 6.45) is 0. The number of benzene rings is 1. The van der Waals surface area contributed by atoms with Crippen LogP contribution in [0.1, 0.15) is 5.76 Å². The van der Waals surface area contributed by atoms with Crippen molar-refractivity contribution in [1.29, 1.82) is 5.26 Å². The zero-order valence-electron chi connectivity index (χ0n) is 10.7. The van der Waals surface area contributed by atoms with E-state index in [1.807, 2.05) is 36.4 Å². The Morgan fingerprint density at radius 2 is 2.10 bits per heavy atom. The van der Waals surface area contributed by atoms with E-state index in [0.29, 0.717) is 16.8 Å². The normalized spacial score (nSPS) is 10.6. The minimum atomic E-state index is -0.418. The van der Waals surface area contributed by atoms with Crippen LogP contribution in [0.4, 0.5) is 0 Å². The maximum absolute atomic E-state index is 12.1. The van der Waals surface area contributed by atoms with Gasteiger partial charge in [-0.05, 0) is 6.92 Å². The van der Waals surface area contributed by atoms with Crippen molar-refractivity contribution in [2.75, 3.05) is 0 Å². The van der Waals surface area contributed by atoms with Crippen molar-refractivity contribution in [2.45, 2.75) is 13.5 Å². The summed E-state index contributed by atoms with van der Waals surface area (Å²) in [5, 5.41) is 17.4. The highest BCUT2D eigenvalue weighted by atomic mass is 16.5. The lowest BCUT2D eigenvalue weighted by Crippen LogP contribution is -2.23. The summed E-state index contributed by atoms with van der Waals surface area (Å²) in [6, 6.07) is 11.3. The third kappa shape index (κ3) is 1.77. The van der Waals surface area contributed by atoms with Gasteiger partial charge in [0.2, 0.25) is 0 Å². The Morgan fingerprint density at radius 1 is 1.35 bits per heavy atom. The summed E-state index contributed by atoms with van der Waals surface area (Å²) in [6.45, 7) is 1.61. The van der Waals surface area contributed by atoms with E-state index in [9.17, 15) is 4.79 Å². The van der Waals surface area contributed by atoms with Crippen LogP contribution < -0.4 is 5.56 Å². The van der Waals surface area contributed by atoms with Crippen molar-refractivity contribution in [2.24, 2.45) is 0 Å². The van der Waals surface area contributed by atoms with Crippen LogP contribution in [0.15, 0.2) is 39.6 Å². The third-order valence-corrected chi connectivity index (χ3v) is 3.02. The van der Waals surface area contributed by atoms with Crippen molar-refractivity contribution >= 4 is 10.9 Å². The minimum absolute atomic E-state index is 0.124. The van der Waals surface area contributed by atoms with Crippen molar-refractivity contribution in [3.8, 4) is 17.3 Å². The lowest BCUT2D eigenvalue weighted by atomic mass is 10.1. The number of aryl methyl sites for hydroxylation is 1. The molecule has 0 atom stereocenters. The average Bonchev–Trinajstić information content (AvgIpc) is 2.86. The average molecular weight is 266 g/mol. The third-order valence-electron chi connectivity index (χ3n) is 3.02. The molecule has 0 aliphatic rings. The first-order valence-corrected chi connectivity index (χ1v) is 6.02. The lowest BCUT2D eigenvalue weighted by Gasteiger charge is -2.05. The molecule has 1 aromatic carbocycles. The Bertz CT molecular complexity index is 872. The van der Waals surface area contributed by atoms with E-state index in [1.54, 1.807) is 6.92 Å². The highest BCUT2D eigenvalue weighted by molar-refractivity contribution is 5.92. The zero-order chi connectivity index (χ0) is 14.1. The van der Waals surface area contributed by atoms with Gasteiger partial charge in [0.05, 0.1) is 11.5 Å². The predicted octanol–water partition coefficient (Wildman–Crippen LogP) is 1.88. The minimum Gasteiger partial charge on any atom is -0.360 e. The Labute approximate surface area is 113 Å². The maximum atomic E-state index is 12.1. The molecule has 6 nitrogen and oxygen atoms in total. The van der Waals surface area contributed by atoms with Crippen LogP contribution in [0.3, 0.4) is 0 Å². The highest BCUT2D eigenvalue weighted by Gasteiger charge is 2.18. The first kappa shape index (κ1) is 12.1. The number of nitriles is 1. The second kappa shape index (κ2) is 4.63. The van der Waals surface area contributed by atoms with Gasteiger partial charge < -0.3 is 4.52 Å². The van der Waals surface area contributed by atoms with Gasteiger partial charge in [-0.15, -0.1) is 0 Å². The maximum Gasteiger partial charge on any atom is 0.297 e. The van der Waals surface area contributed by atoms with E-state index < -0.39 is 5.56 Å². The monoisotopic (exact) mass is 266 g/mol. The highest BCUT2D eigenvalue weighted by Crippen LogP contribution is 2.26. The molecule has 0 saturated heterocycles. The van der Waals surface area contributed by atoms with Crippen LogP contribution in [0.25, 0.3) is 22.2 Å². The molecule has 2 heterocycles. The summed E-state index contributed by atoms with van der Waals surface area (Å²) in [4.78, 5) is 12.1. The first-order chi connectivity index (χ1) is 9.72. The molecule has 98 valence electrons. The fourth-order valence-corrected chi connectivity index (χ4v) is 2.11. The summed E-state index contributed by atoms with van der Waals surface area (Å²) < 4.78 is 6.21. The van der Waals surface area contributed by atoms with E-state index >= 15 is 0 Å². The molecule has 0 amide bonds. The van der Waals surface area contributed by atoms with Gasteiger partial charge in [-0.25, -0.2) is 4.68 Å². The van der Waals surface area contributed by atoms with Crippen molar-refractivity contribution in [3.63, 3.8) is 0 Å². The van der Waals surface area contributed by atoms with Crippen LogP contribution >= 0.6 is 0 Å². The number of hydrogen-bond donors (Lipinski definition) is 0. The quantitative estimate of drug-likeness (QED) is 0.707. The van der Waals surface area contributed by atoms with Crippen LogP contribution in [0, 0.1) is 18.3 Å². The molecule has 0 aliphatic heterocycles. The van der Waals surface area contributed by atoms with Crippen molar-refractivity contribution < 1.29 is 4.52 Å². The van der Waals surface area contributed by atoms with Gasteiger partial charge in [-0.2, -0.15) is 10.4 Å². The predicted molar refractivity (Wildman–Crippen MR) is 71.9 cm³/mol. The molecule has 0 spiro atoms.